The average Bonchev–Trinajstić information content (AvgIpc) is 3.08. The van der Waals surface area contributed by atoms with Gasteiger partial charge in [0.05, 0.1) is 0 Å². The van der Waals surface area contributed by atoms with Crippen LogP contribution in [0, 0.1) is 5.92 Å². The molecule has 0 aromatic heterocycles. The topological polar surface area (TPSA) is 52.0 Å². The minimum absolute atomic E-state index is 0.0710. The van der Waals surface area contributed by atoms with Crippen LogP contribution in [0.15, 0.2) is 97.1 Å². The third kappa shape index (κ3) is 7.83. The third-order valence-corrected chi connectivity index (χ3v) is 10.9. The van der Waals surface area contributed by atoms with Crippen LogP contribution in [0.25, 0.3) is 0 Å². The molecular formula is C43H56N2. The van der Waals surface area contributed by atoms with Crippen molar-refractivity contribution in [2.45, 2.75) is 115 Å². The normalized spacial score (nSPS) is 19.7. The Balaban J connectivity index is 1.41. The van der Waals surface area contributed by atoms with Gasteiger partial charge in [0.25, 0.3) is 0 Å². The Morgan fingerprint density at radius 3 is 1.29 bits per heavy atom. The van der Waals surface area contributed by atoms with E-state index >= 15 is 0 Å². The van der Waals surface area contributed by atoms with Gasteiger partial charge in [-0.25, -0.2) is 0 Å². The summed E-state index contributed by atoms with van der Waals surface area (Å²) in [4.78, 5) is 0. The van der Waals surface area contributed by atoms with Crippen molar-refractivity contribution in [1.29, 1.82) is 0 Å². The Hall–Kier alpha value is -3.52. The quantitative estimate of drug-likeness (QED) is 0.112. The van der Waals surface area contributed by atoms with Gasteiger partial charge >= 0.3 is 0 Å². The fourth-order valence-corrected chi connectivity index (χ4v) is 8.09. The summed E-state index contributed by atoms with van der Waals surface area (Å²) in [7, 11) is 0. The lowest BCUT2D eigenvalue weighted by Gasteiger charge is -2.42. The lowest BCUT2D eigenvalue weighted by atomic mass is 9.62. The van der Waals surface area contributed by atoms with E-state index in [1.807, 2.05) is 24.3 Å². The maximum atomic E-state index is 6.00. The van der Waals surface area contributed by atoms with E-state index in [0.717, 1.165) is 30.1 Å². The van der Waals surface area contributed by atoms with Crippen LogP contribution in [0.4, 0.5) is 11.4 Å². The lowest BCUT2D eigenvalue weighted by molar-refractivity contribution is 0.250. The highest BCUT2D eigenvalue weighted by Crippen LogP contribution is 2.48. The Bertz CT molecular complexity index is 1330. The van der Waals surface area contributed by atoms with Crippen molar-refractivity contribution < 1.29 is 0 Å². The Labute approximate surface area is 273 Å². The maximum absolute atomic E-state index is 6.00. The fourth-order valence-electron chi connectivity index (χ4n) is 8.09. The standard InChI is InChI=1S/C43H56N2/c1-4-7-8-9-10-11-32-28-30-43(31-29-32,37-20-12-33(13-21-37)41(5-2)35-16-24-39(44)25-17-35)38-22-14-34(15-23-38)42(6-3)36-18-26-40(45)27-19-36/h12-27,32,41-42H,4-11,28-31,44-45H2,1-3H3. The molecule has 45 heavy (non-hydrogen) atoms. The van der Waals surface area contributed by atoms with Crippen LogP contribution in [0.3, 0.4) is 0 Å². The molecule has 2 atom stereocenters. The number of nitrogens with two attached hydrogens (primary N) is 2. The highest BCUT2D eigenvalue weighted by Gasteiger charge is 2.38. The van der Waals surface area contributed by atoms with Crippen molar-refractivity contribution >= 4 is 11.4 Å². The van der Waals surface area contributed by atoms with E-state index in [0.29, 0.717) is 11.8 Å². The molecule has 0 bridgehead atoms. The molecule has 1 saturated carbocycles. The second-order valence-electron chi connectivity index (χ2n) is 13.7. The molecular weight excluding hydrogens is 544 g/mol. The highest BCUT2D eigenvalue weighted by atomic mass is 14.5. The molecule has 2 unspecified atom stereocenters. The second kappa shape index (κ2) is 15.7. The largest absolute Gasteiger partial charge is 0.399 e. The summed E-state index contributed by atoms with van der Waals surface area (Å²) in [6.07, 6.45) is 15.6. The first-order valence-electron chi connectivity index (χ1n) is 17.9. The van der Waals surface area contributed by atoms with Crippen LogP contribution in [-0.4, -0.2) is 0 Å². The predicted molar refractivity (Wildman–Crippen MR) is 195 cm³/mol. The molecule has 4 N–H and O–H groups in total. The van der Waals surface area contributed by atoms with Crippen molar-refractivity contribution in [3.05, 3.63) is 130 Å². The monoisotopic (exact) mass is 600 g/mol. The molecule has 2 heteroatoms. The zero-order valence-electron chi connectivity index (χ0n) is 28.1. The zero-order chi connectivity index (χ0) is 31.6. The molecule has 1 aliphatic rings. The molecule has 1 aliphatic carbocycles. The Morgan fingerprint density at radius 2 is 0.911 bits per heavy atom. The SMILES string of the molecule is CCCCCCCC1CCC(c2ccc(C(CC)c3ccc(N)cc3)cc2)(c2ccc(C(CC)c3ccc(N)cc3)cc2)CC1. The molecule has 4 aromatic carbocycles. The minimum atomic E-state index is 0.0710. The molecule has 0 spiro atoms. The maximum Gasteiger partial charge on any atom is 0.0314 e. The van der Waals surface area contributed by atoms with Gasteiger partial charge in [0, 0.05) is 28.6 Å². The Morgan fingerprint density at radius 1 is 0.533 bits per heavy atom. The number of nitrogen functional groups attached to an aromatic ring is 2. The molecule has 238 valence electrons. The first-order valence-corrected chi connectivity index (χ1v) is 17.9. The number of anilines is 2. The van der Waals surface area contributed by atoms with Gasteiger partial charge in [-0.1, -0.05) is 132 Å². The number of rotatable bonds is 14. The number of hydrogen-bond acceptors (Lipinski definition) is 2. The van der Waals surface area contributed by atoms with Crippen molar-refractivity contribution in [2.75, 3.05) is 11.5 Å². The van der Waals surface area contributed by atoms with Gasteiger partial charge in [-0.05, 0) is 102 Å². The van der Waals surface area contributed by atoms with E-state index in [9.17, 15) is 0 Å². The Kier molecular flexibility index (Phi) is 11.4. The third-order valence-electron chi connectivity index (χ3n) is 10.9. The van der Waals surface area contributed by atoms with Crippen LogP contribution < -0.4 is 11.5 Å². The van der Waals surface area contributed by atoms with E-state index in [1.165, 1.54) is 97.6 Å². The number of hydrogen-bond donors (Lipinski definition) is 2. The van der Waals surface area contributed by atoms with Gasteiger partial charge in [0.1, 0.15) is 0 Å². The van der Waals surface area contributed by atoms with Crippen LogP contribution in [0.2, 0.25) is 0 Å². The predicted octanol–water partition coefficient (Wildman–Crippen LogP) is 11.8. The van der Waals surface area contributed by atoms with E-state index in [1.54, 1.807) is 0 Å². The van der Waals surface area contributed by atoms with Crippen LogP contribution >= 0.6 is 0 Å². The number of benzene rings is 4. The molecule has 0 saturated heterocycles. The van der Waals surface area contributed by atoms with Crippen molar-refractivity contribution in [3.63, 3.8) is 0 Å². The summed E-state index contributed by atoms with van der Waals surface area (Å²) in [6, 6.07) is 36.3. The molecule has 0 aliphatic heterocycles. The van der Waals surface area contributed by atoms with Crippen LogP contribution in [-0.2, 0) is 5.41 Å². The summed E-state index contributed by atoms with van der Waals surface area (Å²) in [6.45, 7) is 6.88. The van der Waals surface area contributed by atoms with Gasteiger partial charge in [-0.3, -0.25) is 0 Å². The molecule has 0 amide bonds. The first-order chi connectivity index (χ1) is 22.0. The molecule has 4 aromatic rings. The summed E-state index contributed by atoms with van der Waals surface area (Å²) in [5.41, 5.74) is 22.2. The van der Waals surface area contributed by atoms with Crippen molar-refractivity contribution in [2.24, 2.45) is 5.92 Å². The van der Waals surface area contributed by atoms with Gasteiger partial charge in [0.15, 0.2) is 0 Å². The second-order valence-corrected chi connectivity index (χ2v) is 13.7. The molecule has 0 radical (unpaired) electrons. The molecule has 0 heterocycles. The zero-order valence-corrected chi connectivity index (χ0v) is 28.1. The number of unbranched alkanes of at least 4 members (excludes halogenated alkanes) is 4. The lowest BCUT2D eigenvalue weighted by Crippen LogP contribution is -2.33. The highest BCUT2D eigenvalue weighted by molar-refractivity contribution is 5.47. The van der Waals surface area contributed by atoms with Gasteiger partial charge < -0.3 is 11.5 Å². The van der Waals surface area contributed by atoms with Crippen molar-refractivity contribution in [1.82, 2.24) is 0 Å². The van der Waals surface area contributed by atoms with Gasteiger partial charge in [-0.15, -0.1) is 0 Å². The van der Waals surface area contributed by atoms with E-state index < -0.39 is 0 Å². The van der Waals surface area contributed by atoms with Gasteiger partial charge in [0.2, 0.25) is 0 Å². The van der Waals surface area contributed by atoms with E-state index in [2.05, 4.69) is 93.6 Å². The van der Waals surface area contributed by atoms with E-state index in [4.69, 9.17) is 11.5 Å². The molecule has 1 fully saturated rings. The summed E-state index contributed by atoms with van der Waals surface area (Å²) in [5, 5.41) is 0. The van der Waals surface area contributed by atoms with Gasteiger partial charge in [-0.2, -0.15) is 0 Å². The first kappa shape index (κ1) is 32.9. The van der Waals surface area contributed by atoms with Crippen LogP contribution in [0.1, 0.15) is 143 Å². The fraction of sp³-hybridized carbons (Fsp3) is 0.442. The smallest absolute Gasteiger partial charge is 0.0314 e. The summed E-state index contributed by atoms with van der Waals surface area (Å²) >= 11 is 0. The minimum Gasteiger partial charge on any atom is -0.399 e. The summed E-state index contributed by atoms with van der Waals surface area (Å²) < 4.78 is 0. The van der Waals surface area contributed by atoms with Crippen molar-refractivity contribution in [3.8, 4) is 0 Å². The van der Waals surface area contributed by atoms with Crippen LogP contribution in [0.5, 0.6) is 0 Å². The molecule has 5 rings (SSSR count). The van der Waals surface area contributed by atoms with E-state index in [-0.39, 0.29) is 5.41 Å². The summed E-state index contributed by atoms with van der Waals surface area (Å²) in [5.74, 6) is 1.64. The average molecular weight is 601 g/mol. The molecule has 2 nitrogen and oxygen atoms in total.